The maximum absolute atomic E-state index is 6.10. The van der Waals surface area contributed by atoms with Gasteiger partial charge in [0.15, 0.2) is 0 Å². The van der Waals surface area contributed by atoms with Crippen LogP contribution in [-0.2, 0) is 0 Å². The maximum atomic E-state index is 6.10. The average Bonchev–Trinajstić information content (AvgIpc) is 2.86. The van der Waals surface area contributed by atoms with Gasteiger partial charge in [0.05, 0.1) is 0 Å². The van der Waals surface area contributed by atoms with E-state index >= 15 is 0 Å². The fourth-order valence-electron chi connectivity index (χ4n) is 3.33. The molecule has 1 atom stereocenters. The molecule has 2 N–H and O–H groups in total. The summed E-state index contributed by atoms with van der Waals surface area (Å²) in [5.74, 6) is 3.59. The summed E-state index contributed by atoms with van der Waals surface area (Å²) in [4.78, 5) is 2.60. The van der Waals surface area contributed by atoms with Gasteiger partial charge in [0.2, 0.25) is 0 Å². The molecule has 1 saturated carbocycles. The molecule has 2 rings (SSSR count). The third-order valence-corrected chi connectivity index (χ3v) is 6.03. The van der Waals surface area contributed by atoms with Gasteiger partial charge < -0.3 is 10.6 Å². The molecule has 1 aliphatic carbocycles. The van der Waals surface area contributed by atoms with Gasteiger partial charge in [-0.15, -0.1) is 0 Å². The first-order chi connectivity index (χ1) is 8.15. The lowest BCUT2D eigenvalue weighted by atomic mass is 9.70. The molecular formula is C14H28N2S. The van der Waals surface area contributed by atoms with Gasteiger partial charge in [-0.2, -0.15) is 11.8 Å². The van der Waals surface area contributed by atoms with Gasteiger partial charge in [0.1, 0.15) is 0 Å². The van der Waals surface area contributed by atoms with E-state index in [1.165, 1.54) is 50.2 Å². The van der Waals surface area contributed by atoms with Crippen LogP contribution in [0.2, 0.25) is 0 Å². The van der Waals surface area contributed by atoms with Crippen LogP contribution in [0.4, 0.5) is 0 Å². The van der Waals surface area contributed by atoms with Crippen molar-refractivity contribution in [1.82, 2.24) is 4.90 Å². The van der Waals surface area contributed by atoms with Crippen LogP contribution in [-0.4, -0.2) is 42.6 Å². The molecule has 0 bridgehead atoms. The van der Waals surface area contributed by atoms with E-state index < -0.39 is 0 Å². The van der Waals surface area contributed by atoms with Crippen molar-refractivity contribution < 1.29 is 0 Å². The van der Waals surface area contributed by atoms with E-state index in [0.717, 1.165) is 18.5 Å². The number of nitrogens with two attached hydrogens (primary N) is 1. The Bertz CT molecular complexity index is 230. The second kappa shape index (κ2) is 5.94. The van der Waals surface area contributed by atoms with Crippen molar-refractivity contribution in [2.24, 2.45) is 17.1 Å². The van der Waals surface area contributed by atoms with Gasteiger partial charge in [-0.25, -0.2) is 0 Å². The Morgan fingerprint density at radius 3 is 2.53 bits per heavy atom. The minimum atomic E-state index is 0.425. The first kappa shape index (κ1) is 13.7. The van der Waals surface area contributed by atoms with Crippen LogP contribution in [0.3, 0.4) is 0 Å². The SMILES string of the molecule is CC1CCC(CN)(CN(C)C2CCSC2)CC1. The van der Waals surface area contributed by atoms with Crippen LogP contribution in [0.15, 0.2) is 0 Å². The van der Waals surface area contributed by atoms with E-state index in [1.54, 1.807) is 0 Å². The first-order valence-electron chi connectivity index (χ1n) is 7.13. The zero-order valence-corrected chi connectivity index (χ0v) is 12.3. The molecule has 1 saturated heterocycles. The van der Waals surface area contributed by atoms with Crippen molar-refractivity contribution in [3.63, 3.8) is 0 Å². The summed E-state index contributed by atoms with van der Waals surface area (Å²) in [5, 5.41) is 0. The molecule has 0 spiro atoms. The monoisotopic (exact) mass is 256 g/mol. The Morgan fingerprint density at radius 2 is 2.00 bits per heavy atom. The minimum Gasteiger partial charge on any atom is -0.330 e. The summed E-state index contributed by atoms with van der Waals surface area (Å²) in [6, 6.07) is 0.808. The second-order valence-corrected chi connectivity index (χ2v) is 7.47. The number of thioether (sulfide) groups is 1. The quantitative estimate of drug-likeness (QED) is 0.838. The molecule has 2 fully saturated rings. The van der Waals surface area contributed by atoms with Crippen molar-refractivity contribution >= 4 is 11.8 Å². The van der Waals surface area contributed by atoms with Gasteiger partial charge in [-0.3, -0.25) is 0 Å². The zero-order valence-electron chi connectivity index (χ0n) is 11.5. The molecule has 2 aliphatic rings. The predicted octanol–water partition coefficient (Wildman–Crippen LogP) is 2.58. The molecule has 3 heteroatoms. The summed E-state index contributed by atoms with van der Waals surface area (Å²) in [6.07, 6.45) is 6.82. The molecule has 0 aromatic rings. The van der Waals surface area contributed by atoms with E-state index in [0.29, 0.717) is 5.41 Å². The Balaban J connectivity index is 1.89. The molecule has 1 aliphatic heterocycles. The Kier molecular flexibility index (Phi) is 4.79. The van der Waals surface area contributed by atoms with Crippen molar-refractivity contribution in [3.05, 3.63) is 0 Å². The zero-order chi connectivity index (χ0) is 12.3. The molecule has 0 aromatic heterocycles. The lowest BCUT2D eigenvalue weighted by Gasteiger charge is -2.42. The highest BCUT2D eigenvalue weighted by molar-refractivity contribution is 7.99. The Labute approximate surface area is 111 Å². The summed E-state index contributed by atoms with van der Waals surface area (Å²) >= 11 is 2.11. The Morgan fingerprint density at radius 1 is 1.29 bits per heavy atom. The molecule has 1 heterocycles. The average molecular weight is 256 g/mol. The number of hydrogen-bond donors (Lipinski definition) is 1. The molecule has 2 nitrogen and oxygen atoms in total. The van der Waals surface area contributed by atoms with E-state index in [4.69, 9.17) is 5.73 Å². The molecule has 0 aromatic carbocycles. The molecule has 100 valence electrons. The standard InChI is InChI=1S/C14H28N2S/c1-12-3-6-14(10-15,7-4-12)11-16(2)13-5-8-17-9-13/h12-13H,3-11,15H2,1-2H3. The second-order valence-electron chi connectivity index (χ2n) is 6.32. The van der Waals surface area contributed by atoms with Crippen molar-refractivity contribution in [1.29, 1.82) is 0 Å². The van der Waals surface area contributed by atoms with E-state index in [9.17, 15) is 0 Å². The normalized spacial score (nSPS) is 38.8. The molecule has 0 amide bonds. The fourth-order valence-corrected chi connectivity index (χ4v) is 4.63. The lowest BCUT2D eigenvalue weighted by molar-refractivity contribution is 0.0917. The van der Waals surface area contributed by atoms with Gasteiger partial charge in [0, 0.05) is 18.3 Å². The smallest absolute Gasteiger partial charge is 0.0191 e. The van der Waals surface area contributed by atoms with Crippen LogP contribution < -0.4 is 5.73 Å². The summed E-state index contributed by atoms with van der Waals surface area (Å²) in [7, 11) is 2.31. The van der Waals surface area contributed by atoms with Crippen molar-refractivity contribution in [2.45, 2.75) is 45.1 Å². The maximum Gasteiger partial charge on any atom is 0.0191 e. The predicted molar refractivity (Wildman–Crippen MR) is 77.5 cm³/mol. The van der Waals surface area contributed by atoms with Crippen LogP contribution >= 0.6 is 11.8 Å². The van der Waals surface area contributed by atoms with E-state index in [1.807, 2.05) is 0 Å². The summed E-state index contributed by atoms with van der Waals surface area (Å²) in [5.41, 5.74) is 6.52. The van der Waals surface area contributed by atoms with Gasteiger partial charge in [0.25, 0.3) is 0 Å². The van der Waals surface area contributed by atoms with Crippen LogP contribution in [0, 0.1) is 11.3 Å². The number of nitrogens with zero attached hydrogens (tertiary/aromatic N) is 1. The van der Waals surface area contributed by atoms with Crippen LogP contribution in [0.25, 0.3) is 0 Å². The van der Waals surface area contributed by atoms with E-state index in [-0.39, 0.29) is 0 Å². The minimum absolute atomic E-state index is 0.425. The van der Waals surface area contributed by atoms with E-state index in [2.05, 4.69) is 30.6 Å². The lowest BCUT2D eigenvalue weighted by Crippen LogP contribution is -2.46. The van der Waals surface area contributed by atoms with Crippen LogP contribution in [0.1, 0.15) is 39.0 Å². The molecule has 0 radical (unpaired) electrons. The first-order valence-corrected chi connectivity index (χ1v) is 8.29. The third kappa shape index (κ3) is 3.39. The largest absolute Gasteiger partial charge is 0.330 e. The van der Waals surface area contributed by atoms with Crippen molar-refractivity contribution in [2.75, 3.05) is 31.6 Å². The molecule has 17 heavy (non-hydrogen) atoms. The third-order valence-electron chi connectivity index (χ3n) is 4.88. The van der Waals surface area contributed by atoms with Gasteiger partial charge >= 0.3 is 0 Å². The Hall–Kier alpha value is 0.270. The molecule has 1 unspecified atom stereocenters. The highest BCUT2D eigenvalue weighted by Crippen LogP contribution is 2.39. The van der Waals surface area contributed by atoms with Gasteiger partial charge in [-0.05, 0) is 49.9 Å². The van der Waals surface area contributed by atoms with Crippen molar-refractivity contribution in [3.8, 4) is 0 Å². The fraction of sp³-hybridized carbons (Fsp3) is 1.00. The number of hydrogen-bond acceptors (Lipinski definition) is 3. The summed E-state index contributed by atoms with van der Waals surface area (Å²) < 4.78 is 0. The summed E-state index contributed by atoms with van der Waals surface area (Å²) in [6.45, 7) is 4.49. The molecular weight excluding hydrogens is 228 g/mol. The number of rotatable bonds is 4. The van der Waals surface area contributed by atoms with Crippen LogP contribution in [0.5, 0.6) is 0 Å². The topological polar surface area (TPSA) is 29.3 Å². The highest BCUT2D eigenvalue weighted by atomic mass is 32.2. The van der Waals surface area contributed by atoms with Gasteiger partial charge in [-0.1, -0.05) is 19.8 Å². The highest BCUT2D eigenvalue weighted by Gasteiger charge is 2.35.